The lowest BCUT2D eigenvalue weighted by atomic mass is 9.77. The Balaban J connectivity index is 1.95. The van der Waals surface area contributed by atoms with Crippen molar-refractivity contribution in [1.29, 1.82) is 0 Å². The highest BCUT2D eigenvalue weighted by Gasteiger charge is 2.65. The monoisotopic (exact) mass is 356 g/mol. The molecule has 1 aliphatic carbocycles. The Morgan fingerprint density at radius 3 is 1.91 bits per heavy atom. The summed E-state index contributed by atoms with van der Waals surface area (Å²) in [5.74, 6) is 0.909. The highest BCUT2D eigenvalue weighted by molar-refractivity contribution is 8.45. The third kappa shape index (κ3) is 5.37. The molecule has 0 radical (unpaired) electrons. The molecule has 23 heavy (non-hydrogen) atoms. The first-order valence-corrected chi connectivity index (χ1v) is 10.3. The second kappa shape index (κ2) is 5.94. The zero-order valence-corrected chi connectivity index (χ0v) is 14.2. The van der Waals surface area contributed by atoms with Crippen molar-refractivity contribution in [2.24, 2.45) is 5.92 Å². The second-order valence-electron chi connectivity index (χ2n) is 6.75. The Morgan fingerprint density at radius 2 is 1.43 bits per heavy atom. The van der Waals surface area contributed by atoms with Crippen LogP contribution in [0.3, 0.4) is 0 Å². The highest BCUT2D eigenvalue weighted by atomic mass is 32.5. The summed E-state index contributed by atoms with van der Waals surface area (Å²) in [5.41, 5.74) is 0.752. The molecule has 0 nitrogen and oxygen atoms in total. The molecule has 0 saturated heterocycles. The van der Waals surface area contributed by atoms with E-state index in [1.165, 1.54) is 37.8 Å². The molecule has 1 saturated carbocycles. The van der Waals surface area contributed by atoms with E-state index in [1.54, 1.807) is 0 Å². The molecule has 0 N–H and O–H groups in total. The van der Waals surface area contributed by atoms with E-state index >= 15 is 0 Å². The van der Waals surface area contributed by atoms with Gasteiger partial charge in [0.2, 0.25) is 0 Å². The maximum atomic E-state index is 12.7. The maximum absolute atomic E-state index is 12.7. The third-order valence-electron chi connectivity index (χ3n) is 4.86. The van der Waals surface area contributed by atoms with Gasteiger partial charge in [-0.05, 0) is 55.2 Å². The first kappa shape index (κ1) is 18.6. The predicted octanol–water partition coefficient (Wildman–Crippen LogP) is 8.20. The zero-order valence-electron chi connectivity index (χ0n) is 13.4. The van der Waals surface area contributed by atoms with Gasteiger partial charge in [-0.3, -0.25) is 0 Å². The highest BCUT2D eigenvalue weighted by Crippen LogP contribution is 3.02. The van der Waals surface area contributed by atoms with Crippen molar-refractivity contribution < 1.29 is 19.4 Å². The minimum absolute atomic E-state index is 0.199. The first-order chi connectivity index (χ1) is 10.5. The Hall–Kier alpha value is -0.780. The van der Waals surface area contributed by atoms with Crippen LogP contribution in [-0.2, 0) is 0 Å². The number of rotatable bonds is 6. The van der Waals surface area contributed by atoms with Crippen molar-refractivity contribution in [2.45, 2.75) is 69.1 Å². The summed E-state index contributed by atoms with van der Waals surface area (Å²) in [6.45, 7) is 2.17. The number of unbranched alkanes of at least 4 members (excludes halogenated alkanes) is 2. The van der Waals surface area contributed by atoms with Crippen LogP contribution in [0.1, 0.15) is 69.8 Å². The molecule has 1 aromatic carbocycles. The Morgan fingerprint density at radius 1 is 0.870 bits per heavy atom. The summed E-state index contributed by atoms with van der Waals surface area (Å²) >= 11 is 0. The van der Waals surface area contributed by atoms with Gasteiger partial charge in [-0.25, -0.2) is 0 Å². The summed E-state index contributed by atoms with van der Waals surface area (Å²) in [6.07, 6.45) is 8.95. The van der Waals surface area contributed by atoms with Gasteiger partial charge >= 0.3 is 10.2 Å². The fourth-order valence-corrected chi connectivity index (χ4v) is 4.12. The predicted molar refractivity (Wildman–Crippen MR) is 86.7 cm³/mol. The molecule has 0 atom stereocenters. The summed E-state index contributed by atoms with van der Waals surface area (Å²) in [5, 5.41) is 0. The Bertz CT molecular complexity index is 512. The number of hydrogen-bond acceptors (Lipinski definition) is 0. The lowest BCUT2D eigenvalue weighted by molar-refractivity contribution is 0.302. The summed E-state index contributed by atoms with van der Waals surface area (Å²) in [6, 6.07) is 3.55. The van der Waals surface area contributed by atoms with E-state index in [-0.39, 0.29) is 5.92 Å². The van der Waals surface area contributed by atoms with E-state index in [0.29, 0.717) is 18.1 Å². The third-order valence-corrected chi connectivity index (χ3v) is 6.02. The van der Waals surface area contributed by atoms with Gasteiger partial charge in [0.1, 0.15) is 4.90 Å². The summed E-state index contributed by atoms with van der Waals surface area (Å²) in [4.78, 5) is -1.79. The van der Waals surface area contributed by atoms with Gasteiger partial charge in [0, 0.05) is 0 Å². The molecule has 0 unspecified atom stereocenters. The van der Waals surface area contributed by atoms with Crippen LogP contribution in [0.2, 0.25) is 0 Å². The van der Waals surface area contributed by atoms with Crippen molar-refractivity contribution in [3.8, 4) is 0 Å². The topological polar surface area (TPSA) is 0 Å². The molecule has 0 amide bonds. The van der Waals surface area contributed by atoms with Crippen molar-refractivity contribution in [3.63, 3.8) is 0 Å². The van der Waals surface area contributed by atoms with Gasteiger partial charge < -0.3 is 0 Å². The lowest BCUT2D eigenvalue weighted by Crippen LogP contribution is -2.13. The minimum Gasteiger partial charge on any atom is -0.0936 e. The molecule has 2 rings (SSSR count). The number of hydrogen-bond donors (Lipinski definition) is 0. The molecule has 1 fully saturated rings. The minimum atomic E-state index is -9.54. The molecule has 1 aliphatic rings. The van der Waals surface area contributed by atoms with Crippen molar-refractivity contribution in [2.75, 3.05) is 0 Å². The molecule has 0 aromatic heterocycles. The standard InChI is InChI=1S/C17H25F5S/c1-2-3-4-5-14-6-8-15(9-7-14)16-10-12-17(13-11-16)23(18,19,20,21)22/h10-15H,2-9H2,1H3/t14-,15-. The molecule has 0 heterocycles. The Kier molecular flexibility index (Phi) is 4.79. The van der Waals surface area contributed by atoms with Crippen molar-refractivity contribution >= 4 is 10.2 Å². The van der Waals surface area contributed by atoms with E-state index in [4.69, 9.17) is 0 Å². The van der Waals surface area contributed by atoms with Crippen molar-refractivity contribution in [1.82, 2.24) is 0 Å². The molecule has 134 valence electrons. The summed E-state index contributed by atoms with van der Waals surface area (Å²) in [7, 11) is -9.54. The molecular weight excluding hydrogens is 331 g/mol. The van der Waals surface area contributed by atoms with Gasteiger partial charge in [0.15, 0.2) is 0 Å². The normalized spacial score (nSPS) is 25.7. The van der Waals surface area contributed by atoms with Crippen molar-refractivity contribution in [3.05, 3.63) is 29.8 Å². The smallest absolute Gasteiger partial charge is 0.0936 e. The van der Waals surface area contributed by atoms with Crippen LogP contribution >= 0.6 is 10.2 Å². The molecule has 0 bridgehead atoms. The zero-order chi connectivity index (χ0) is 17.2. The van der Waals surface area contributed by atoms with Gasteiger partial charge in [-0.15, -0.1) is 0 Å². The van der Waals surface area contributed by atoms with Crippen LogP contribution < -0.4 is 0 Å². The van der Waals surface area contributed by atoms with E-state index in [0.717, 1.165) is 31.2 Å². The molecule has 0 spiro atoms. The van der Waals surface area contributed by atoms with Gasteiger partial charge in [0.25, 0.3) is 0 Å². The largest absolute Gasteiger partial charge is 0.310 e. The van der Waals surface area contributed by atoms with E-state index in [9.17, 15) is 19.4 Å². The van der Waals surface area contributed by atoms with E-state index in [1.807, 2.05) is 0 Å². The van der Waals surface area contributed by atoms with Gasteiger partial charge in [-0.2, -0.15) is 0 Å². The molecule has 6 heteroatoms. The second-order valence-corrected chi connectivity index (χ2v) is 9.16. The first-order valence-electron chi connectivity index (χ1n) is 8.33. The van der Waals surface area contributed by atoms with Crippen LogP contribution in [0.4, 0.5) is 19.4 Å². The summed E-state index contributed by atoms with van der Waals surface area (Å²) < 4.78 is 63.6. The fourth-order valence-electron chi connectivity index (χ4n) is 3.46. The van der Waals surface area contributed by atoms with E-state index < -0.39 is 15.1 Å². The van der Waals surface area contributed by atoms with E-state index in [2.05, 4.69) is 6.92 Å². The van der Waals surface area contributed by atoms with Gasteiger partial charge in [0.05, 0.1) is 0 Å². The molecule has 1 aromatic rings. The average molecular weight is 356 g/mol. The fraction of sp³-hybridized carbons (Fsp3) is 0.647. The molecule has 0 aliphatic heterocycles. The van der Waals surface area contributed by atoms with Gasteiger partial charge in [-0.1, -0.05) is 64.2 Å². The number of benzene rings is 1. The van der Waals surface area contributed by atoms with Crippen LogP contribution in [0.25, 0.3) is 0 Å². The lowest BCUT2D eigenvalue weighted by Gasteiger charge is -2.40. The average Bonchev–Trinajstić information content (AvgIpc) is 2.46. The quantitative estimate of drug-likeness (QED) is 0.356. The van der Waals surface area contributed by atoms with Crippen LogP contribution in [-0.4, -0.2) is 0 Å². The SMILES string of the molecule is CCCCC[C@H]1CC[C@H](c2ccc(S(F)(F)(F)(F)F)cc2)CC1. The van der Waals surface area contributed by atoms with Crippen LogP contribution in [0, 0.1) is 5.92 Å². The maximum Gasteiger partial charge on any atom is 0.310 e. The van der Waals surface area contributed by atoms with Crippen LogP contribution in [0.5, 0.6) is 0 Å². The number of halogens is 5. The molecular formula is C17H25F5S. The Labute approximate surface area is 135 Å². The van der Waals surface area contributed by atoms with Crippen LogP contribution in [0.15, 0.2) is 29.2 Å².